The standard InChI is InChI=1S/C20H24FN3O4S/c1-3-14-15(4-2)29(26)19(21)16-17(20(25)23-7-11-28-12-8-23)22-24(18(14)16)13-5-9-27-10-6-13/h3-4,13,19H,1-2,5-12H2. The number of ether oxygens (including phenoxy) is 2. The molecule has 1 aromatic rings. The minimum atomic E-state index is -1.99. The summed E-state index contributed by atoms with van der Waals surface area (Å²) in [5.41, 5.74) is -0.744. The fraction of sp³-hybridized carbons (Fsp3) is 0.500. The number of allylic oxidation sites excluding steroid dienone is 3. The summed E-state index contributed by atoms with van der Waals surface area (Å²) in [7, 11) is -1.99. The molecule has 0 bridgehead atoms. The number of amides is 1. The molecule has 156 valence electrons. The van der Waals surface area contributed by atoms with E-state index in [0.29, 0.717) is 63.6 Å². The summed E-state index contributed by atoms with van der Waals surface area (Å²) >= 11 is 0. The van der Waals surface area contributed by atoms with Crippen LogP contribution in [0.1, 0.15) is 46.1 Å². The molecule has 0 aromatic carbocycles. The third-order valence-corrected chi connectivity index (χ3v) is 6.96. The fourth-order valence-electron chi connectivity index (χ4n) is 4.03. The van der Waals surface area contributed by atoms with E-state index in [1.807, 2.05) is 0 Å². The zero-order valence-corrected chi connectivity index (χ0v) is 17.0. The molecule has 1 aromatic heterocycles. The molecule has 2 saturated heterocycles. The highest BCUT2D eigenvalue weighted by molar-refractivity contribution is 7.89. The topological polar surface area (TPSA) is 73.7 Å². The van der Waals surface area contributed by atoms with Gasteiger partial charge in [-0.15, -0.1) is 0 Å². The van der Waals surface area contributed by atoms with Gasteiger partial charge in [0.05, 0.1) is 46.2 Å². The second kappa shape index (κ2) is 8.33. The van der Waals surface area contributed by atoms with Gasteiger partial charge in [-0.05, 0) is 12.8 Å². The predicted molar refractivity (Wildman–Crippen MR) is 107 cm³/mol. The number of carbonyl (C=O) groups is 1. The second-order valence-corrected chi connectivity index (χ2v) is 8.55. The SMILES string of the molecule is C=CC1=C(C=C)S(=O)C(F)c2c(C(=O)N3CCOCC3)nn(C3CCOCC3)c21. The maximum atomic E-state index is 15.4. The van der Waals surface area contributed by atoms with Gasteiger partial charge in [-0.25, -0.2) is 4.39 Å². The van der Waals surface area contributed by atoms with E-state index in [9.17, 15) is 9.00 Å². The highest BCUT2D eigenvalue weighted by Crippen LogP contribution is 2.44. The molecule has 4 heterocycles. The van der Waals surface area contributed by atoms with Crippen LogP contribution in [0, 0.1) is 0 Å². The van der Waals surface area contributed by atoms with Crippen LogP contribution in [0.25, 0.3) is 5.57 Å². The third kappa shape index (κ3) is 3.41. The van der Waals surface area contributed by atoms with Gasteiger partial charge in [0.2, 0.25) is 5.50 Å². The average Bonchev–Trinajstić information content (AvgIpc) is 3.17. The van der Waals surface area contributed by atoms with Crippen LogP contribution in [0.15, 0.2) is 30.2 Å². The van der Waals surface area contributed by atoms with Gasteiger partial charge in [0.1, 0.15) is 0 Å². The molecule has 1 amide bonds. The molecule has 7 nitrogen and oxygen atoms in total. The van der Waals surface area contributed by atoms with Crippen LogP contribution in [0.4, 0.5) is 4.39 Å². The summed E-state index contributed by atoms with van der Waals surface area (Å²) in [6.07, 6.45) is 4.34. The smallest absolute Gasteiger partial charge is 0.274 e. The lowest BCUT2D eigenvalue weighted by Crippen LogP contribution is -2.41. The Morgan fingerprint density at radius 3 is 2.41 bits per heavy atom. The first-order chi connectivity index (χ1) is 14.1. The van der Waals surface area contributed by atoms with Crippen molar-refractivity contribution in [2.75, 3.05) is 39.5 Å². The molecule has 0 N–H and O–H groups in total. The molecule has 2 fully saturated rings. The van der Waals surface area contributed by atoms with Crippen LogP contribution in [-0.2, 0) is 20.3 Å². The van der Waals surface area contributed by atoms with Gasteiger partial charge in [0.15, 0.2) is 5.69 Å². The first-order valence-electron chi connectivity index (χ1n) is 9.69. The zero-order chi connectivity index (χ0) is 20.5. The molecule has 9 heteroatoms. The van der Waals surface area contributed by atoms with Crippen LogP contribution in [0.5, 0.6) is 0 Å². The summed E-state index contributed by atoms with van der Waals surface area (Å²) in [5, 5.41) is 4.58. The van der Waals surface area contributed by atoms with Crippen LogP contribution in [0.2, 0.25) is 0 Å². The number of alkyl halides is 1. The van der Waals surface area contributed by atoms with Crippen LogP contribution in [0.3, 0.4) is 0 Å². The lowest BCUT2D eigenvalue weighted by Gasteiger charge is -2.27. The van der Waals surface area contributed by atoms with Crippen molar-refractivity contribution in [3.63, 3.8) is 0 Å². The largest absolute Gasteiger partial charge is 0.381 e. The van der Waals surface area contributed by atoms with E-state index in [2.05, 4.69) is 18.3 Å². The van der Waals surface area contributed by atoms with Crippen molar-refractivity contribution in [3.8, 4) is 0 Å². The van der Waals surface area contributed by atoms with E-state index in [0.717, 1.165) is 0 Å². The van der Waals surface area contributed by atoms with Gasteiger partial charge in [-0.1, -0.05) is 25.3 Å². The highest BCUT2D eigenvalue weighted by atomic mass is 32.2. The number of morpholine rings is 1. The number of hydrogen-bond acceptors (Lipinski definition) is 5. The van der Waals surface area contributed by atoms with Crippen LogP contribution < -0.4 is 0 Å². The third-order valence-electron chi connectivity index (χ3n) is 5.53. The van der Waals surface area contributed by atoms with Crippen molar-refractivity contribution in [1.82, 2.24) is 14.7 Å². The maximum absolute atomic E-state index is 15.4. The van der Waals surface area contributed by atoms with Crippen LogP contribution in [-0.4, -0.2) is 64.3 Å². The van der Waals surface area contributed by atoms with Gasteiger partial charge in [0.25, 0.3) is 5.91 Å². The first-order valence-corrected chi connectivity index (χ1v) is 10.9. The van der Waals surface area contributed by atoms with E-state index in [1.54, 1.807) is 15.7 Å². The molecule has 4 rings (SSSR count). The number of aromatic nitrogens is 2. The molecule has 0 spiro atoms. The van der Waals surface area contributed by atoms with Crippen molar-refractivity contribution in [3.05, 3.63) is 47.2 Å². The maximum Gasteiger partial charge on any atom is 0.274 e. The Hall–Kier alpha value is -2.10. The zero-order valence-electron chi connectivity index (χ0n) is 16.1. The van der Waals surface area contributed by atoms with Crippen molar-refractivity contribution < 1.29 is 22.9 Å². The van der Waals surface area contributed by atoms with Crippen LogP contribution >= 0.6 is 0 Å². The van der Waals surface area contributed by atoms with Gasteiger partial charge in [-0.3, -0.25) is 13.7 Å². The number of fused-ring (bicyclic) bond motifs is 1. The van der Waals surface area contributed by atoms with Gasteiger partial charge >= 0.3 is 0 Å². The van der Waals surface area contributed by atoms with E-state index in [-0.39, 0.29) is 28.1 Å². The number of rotatable bonds is 4. The highest BCUT2D eigenvalue weighted by Gasteiger charge is 2.41. The molecule has 2 atom stereocenters. The van der Waals surface area contributed by atoms with Crippen molar-refractivity contribution in [1.29, 1.82) is 0 Å². The number of hydrogen-bond donors (Lipinski definition) is 0. The number of halogens is 1. The molecule has 3 aliphatic heterocycles. The van der Waals surface area contributed by atoms with Crippen molar-refractivity contribution >= 4 is 22.3 Å². The Morgan fingerprint density at radius 2 is 1.79 bits per heavy atom. The quantitative estimate of drug-likeness (QED) is 0.747. The average molecular weight is 421 g/mol. The summed E-state index contributed by atoms with van der Waals surface area (Å²) in [6, 6.07) is -0.0384. The van der Waals surface area contributed by atoms with Crippen molar-refractivity contribution in [2.24, 2.45) is 0 Å². The van der Waals surface area contributed by atoms with E-state index >= 15 is 4.39 Å². The van der Waals surface area contributed by atoms with E-state index in [4.69, 9.17) is 9.47 Å². The Labute approximate surface area is 171 Å². The molecule has 0 saturated carbocycles. The van der Waals surface area contributed by atoms with E-state index < -0.39 is 16.3 Å². The molecule has 3 aliphatic rings. The van der Waals surface area contributed by atoms with Gasteiger partial charge in [-0.2, -0.15) is 5.10 Å². The summed E-state index contributed by atoms with van der Waals surface area (Å²) < 4.78 is 40.7. The molecular weight excluding hydrogens is 397 g/mol. The normalized spacial score (nSPS) is 25.6. The number of carbonyl (C=O) groups excluding carboxylic acids is 1. The second-order valence-electron chi connectivity index (χ2n) is 7.10. The minimum Gasteiger partial charge on any atom is -0.381 e. The van der Waals surface area contributed by atoms with Gasteiger partial charge in [0, 0.05) is 31.9 Å². The fourth-order valence-corrected chi connectivity index (χ4v) is 5.25. The Kier molecular flexibility index (Phi) is 5.80. The summed E-state index contributed by atoms with van der Waals surface area (Å²) in [6.45, 7) is 10.4. The lowest BCUT2D eigenvalue weighted by molar-refractivity contribution is 0.0296. The summed E-state index contributed by atoms with van der Waals surface area (Å²) in [4.78, 5) is 15.1. The number of nitrogens with zero attached hydrogens (tertiary/aromatic N) is 3. The Balaban J connectivity index is 1.90. The lowest BCUT2D eigenvalue weighted by atomic mass is 10.0. The Morgan fingerprint density at radius 1 is 1.14 bits per heavy atom. The van der Waals surface area contributed by atoms with Gasteiger partial charge < -0.3 is 14.4 Å². The molecule has 0 aliphatic carbocycles. The minimum absolute atomic E-state index is 0.0247. The van der Waals surface area contributed by atoms with Crippen molar-refractivity contribution in [2.45, 2.75) is 24.4 Å². The molecule has 0 radical (unpaired) electrons. The molecule has 2 unspecified atom stereocenters. The van der Waals surface area contributed by atoms with E-state index in [1.165, 1.54) is 6.08 Å². The molecule has 29 heavy (non-hydrogen) atoms. The molecular formula is C20H24FN3O4S. The monoisotopic (exact) mass is 421 g/mol. The Bertz CT molecular complexity index is 898. The predicted octanol–water partition coefficient (Wildman–Crippen LogP) is 2.52. The first kappa shape index (κ1) is 20.2. The summed E-state index contributed by atoms with van der Waals surface area (Å²) in [5.74, 6) is -0.361.